The second kappa shape index (κ2) is 4.65. The van der Waals surface area contributed by atoms with Crippen LogP contribution in [-0.2, 0) is 6.42 Å². The van der Waals surface area contributed by atoms with E-state index in [4.69, 9.17) is 0 Å². The molecule has 0 spiro atoms. The second-order valence-corrected chi connectivity index (χ2v) is 5.09. The van der Waals surface area contributed by atoms with E-state index < -0.39 is 16.4 Å². The smallest absolute Gasteiger partial charge is 0.304 e. The molecular weight excluding hydrogens is 235 g/mol. The van der Waals surface area contributed by atoms with Crippen molar-refractivity contribution >= 4 is 5.69 Å². The molecule has 0 aromatic heterocycles. The van der Waals surface area contributed by atoms with Gasteiger partial charge in [0, 0.05) is 12.1 Å². The Hall–Kier alpha value is -1.49. The third-order valence-corrected chi connectivity index (χ3v) is 4.01. The summed E-state index contributed by atoms with van der Waals surface area (Å²) < 4.78 is 13.5. The van der Waals surface area contributed by atoms with Crippen molar-refractivity contribution in [2.24, 2.45) is 5.41 Å². The molecule has 1 aromatic carbocycles. The van der Waals surface area contributed by atoms with Gasteiger partial charge in [0.05, 0.1) is 4.92 Å². The fraction of sp³-hybridized carbons (Fsp3) is 0.538. The summed E-state index contributed by atoms with van der Waals surface area (Å²) in [5.74, 6) is -0.745. The van der Waals surface area contributed by atoms with Crippen LogP contribution in [-0.4, -0.2) is 18.0 Å². The van der Waals surface area contributed by atoms with Crippen molar-refractivity contribution in [2.75, 3.05) is 7.05 Å². The summed E-state index contributed by atoms with van der Waals surface area (Å²) in [6.45, 7) is 2.12. The zero-order chi connectivity index (χ0) is 13.3. The summed E-state index contributed by atoms with van der Waals surface area (Å²) in [5, 5.41) is 13.8. The van der Waals surface area contributed by atoms with Crippen molar-refractivity contribution in [3.63, 3.8) is 0 Å². The molecule has 1 aliphatic rings. The molecule has 1 aliphatic carbocycles. The highest BCUT2D eigenvalue weighted by atomic mass is 19.1. The lowest BCUT2D eigenvalue weighted by Crippen LogP contribution is -2.33. The number of halogens is 1. The highest BCUT2D eigenvalue weighted by Crippen LogP contribution is 2.51. The molecule has 0 radical (unpaired) electrons. The van der Waals surface area contributed by atoms with E-state index >= 15 is 0 Å². The molecule has 4 nitrogen and oxygen atoms in total. The highest BCUT2D eigenvalue weighted by Gasteiger charge is 2.46. The fourth-order valence-corrected chi connectivity index (χ4v) is 2.44. The minimum Gasteiger partial charge on any atom is -0.317 e. The van der Waals surface area contributed by atoms with Crippen molar-refractivity contribution in [3.05, 3.63) is 39.7 Å². The zero-order valence-electron chi connectivity index (χ0n) is 10.6. The van der Waals surface area contributed by atoms with Crippen LogP contribution in [0.4, 0.5) is 10.1 Å². The summed E-state index contributed by atoms with van der Waals surface area (Å²) in [5.41, 5.74) is 0.570. The molecule has 0 heterocycles. The lowest BCUT2D eigenvalue weighted by Gasteiger charge is -2.23. The van der Waals surface area contributed by atoms with Crippen LogP contribution in [0.1, 0.15) is 25.3 Å². The molecule has 1 aromatic rings. The van der Waals surface area contributed by atoms with Gasteiger partial charge in [0.25, 0.3) is 0 Å². The Balaban J connectivity index is 2.16. The van der Waals surface area contributed by atoms with Gasteiger partial charge in [-0.3, -0.25) is 10.1 Å². The molecule has 1 saturated carbocycles. The van der Waals surface area contributed by atoms with Crippen molar-refractivity contribution in [3.8, 4) is 0 Å². The van der Waals surface area contributed by atoms with Crippen LogP contribution >= 0.6 is 0 Å². The van der Waals surface area contributed by atoms with E-state index in [1.165, 1.54) is 12.1 Å². The van der Waals surface area contributed by atoms with Crippen molar-refractivity contribution in [2.45, 2.75) is 32.2 Å². The first-order chi connectivity index (χ1) is 8.48. The summed E-state index contributed by atoms with van der Waals surface area (Å²) in [6, 6.07) is 4.57. The van der Waals surface area contributed by atoms with Gasteiger partial charge in [-0.05, 0) is 50.3 Å². The van der Waals surface area contributed by atoms with Crippen LogP contribution in [0.25, 0.3) is 0 Å². The first-order valence-corrected chi connectivity index (χ1v) is 6.08. The van der Waals surface area contributed by atoms with Crippen LogP contribution in [0.3, 0.4) is 0 Å². The normalized spacial score (nSPS) is 18.4. The number of nitro groups is 1. The Morgan fingerprint density at radius 2 is 2.22 bits per heavy atom. The quantitative estimate of drug-likeness (QED) is 0.647. The molecule has 0 saturated heterocycles. The Kier molecular flexibility index (Phi) is 3.34. The Morgan fingerprint density at radius 3 is 2.67 bits per heavy atom. The number of nitrogens with zero attached hydrogens (tertiary/aromatic N) is 1. The third-order valence-electron chi connectivity index (χ3n) is 4.01. The van der Waals surface area contributed by atoms with E-state index in [9.17, 15) is 14.5 Å². The van der Waals surface area contributed by atoms with Gasteiger partial charge >= 0.3 is 5.69 Å². The Labute approximate surface area is 105 Å². The Bertz CT molecular complexity index is 472. The summed E-state index contributed by atoms with van der Waals surface area (Å²) in [4.78, 5) is 9.85. The van der Waals surface area contributed by atoms with Gasteiger partial charge in [-0.15, -0.1) is 0 Å². The molecule has 98 valence electrons. The molecule has 0 amide bonds. The molecular formula is C13H17FN2O2. The van der Waals surface area contributed by atoms with Gasteiger partial charge in [0.2, 0.25) is 5.82 Å². The van der Waals surface area contributed by atoms with E-state index in [2.05, 4.69) is 12.2 Å². The molecule has 0 bridgehead atoms. The van der Waals surface area contributed by atoms with E-state index in [1.54, 1.807) is 6.07 Å². The number of hydrogen-bond acceptors (Lipinski definition) is 3. The van der Waals surface area contributed by atoms with Crippen LogP contribution in [0.2, 0.25) is 0 Å². The minimum atomic E-state index is -0.745. The van der Waals surface area contributed by atoms with Crippen LogP contribution in [0.5, 0.6) is 0 Å². The first kappa shape index (κ1) is 13.0. The van der Waals surface area contributed by atoms with Crippen molar-refractivity contribution in [1.29, 1.82) is 0 Å². The van der Waals surface area contributed by atoms with Crippen LogP contribution < -0.4 is 5.32 Å². The largest absolute Gasteiger partial charge is 0.317 e. The fourth-order valence-electron chi connectivity index (χ4n) is 2.44. The average molecular weight is 252 g/mol. The number of rotatable bonds is 5. The monoisotopic (exact) mass is 252 g/mol. The number of nitrogens with one attached hydrogen (secondary N) is 1. The number of nitro benzene ring substituents is 1. The van der Waals surface area contributed by atoms with E-state index in [0.717, 1.165) is 24.8 Å². The molecule has 1 fully saturated rings. The maximum atomic E-state index is 13.5. The second-order valence-electron chi connectivity index (χ2n) is 5.09. The topological polar surface area (TPSA) is 55.2 Å². The number of benzene rings is 1. The van der Waals surface area contributed by atoms with Gasteiger partial charge < -0.3 is 5.32 Å². The van der Waals surface area contributed by atoms with Gasteiger partial charge in [0.1, 0.15) is 0 Å². The van der Waals surface area contributed by atoms with Gasteiger partial charge in [-0.1, -0.05) is 6.07 Å². The lowest BCUT2D eigenvalue weighted by atomic mass is 9.90. The van der Waals surface area contributed by atoms with E-state index in [1.807, 2.05) is 7.05 Å². The predicted molar refractivity (Wildman–Crippen MR) is 66.9 cm³/mol. The van der Waals surface area contributed by atoms with E-state index in [-0.39, 0.29) is 5.41 Å². The molecule has 0 aliphatic heterocycles. The van der Waals surface area contributed by atoms with Crippen molar-refractivity contribution in [1.82, 2.24) is 5.32 Å². The molecule has 1 atom stereocenters. The third kappa shape index (κ3) is 2.36. The predicted octanol–water partition coefficient (Wildman–Crippen LogP) is 2.66. The maximum absolute atomic E-state index is 13.5. The van der Waals surface area contributed by atoms with Crippen molar-refractivity contribution < 1.29 is 9.31 Å². The summed E-state index contributed by atoms with van der Waals surface area (Å²) in [7, 11) is 1.92. The minimum absolute atomic E-state index is 0.192. The lowest BCUT2D eigenvalue weighted by molar-refractivity contribution is -0.387. The van der Waals surface area contributed by atoms with Gasteiger partial charge in [0.15, 0.2) is 0 Å². The SMILES string of the molecule is CNC(C)C1(Cc2ccc([N+](=O)[O-])c(F)c2)CC1. The Morgan fingerprint density at radius 1 is 1.56 bits per heavy atom. The molecule has 1 N–H and O–H groups in total. The molecule has 1 unspecified atom stereocenters. The maximum Gasteiger partial charge on any atom is 0.304 e. The van der Waals surface area contributed by atoms with Crippen LogP contribution in [0, 0.1) is 21.3 Å². The first-order valence-electron chi connectivity index (χ1n) is 6.08. The number of hydrogen-bond donors (Lipinski definition) is 1. The zero-order valence-corrected chi connectivity index (χ0v) is 10.6. The summed E-state index contributed by atoms with van der Waals surface area (Å²) in [6.07, 6.45) is 3.01. The van der Waals surface area contributed by atoms with Crippen LogP contribution in [0.15, 0.2) is 18.2 Å². The van der Waals surface area contributed by atoms with Gasteiger partial charge in [-0.25, -0.2) is 0 Å². The average Bonchev–Trinajstić information content (AvgIpc) is 3.08. The van der Waals surface area contributed by atoms with E-state index in [0.29, 0.717) is 6.04 Å². The van der Waals surface area contributed by atoms with Gasteiger partial charge in [-0.2, -0.15) is 4.39 Å². The highest BCUT2D eigenvalue weighted by molar-refractivity contribution is 5.36. The summed E-state index contributed by atoms with van der Waals surface area (Å²) >= 11 is 0. The molecule has 5 heteroatoms. The molecule has 2 rings (SSSR count). The standard InChI is InChI=1S/C13H17FN2O2/c1-9(15-2)13(5-6-13)8-10-3-4-12(16(17)18)11(14)7-10/h3-4,7,9,15H,5-6,8H2,1-2H3. The molecule has 18 heavy (non-hydrogen) atoms.